The van der Waals surface area contributed by atoms with Gasteiger partial charge in [0.15, 0.2) is 0 Å². The molecule has 0 aromatic heterocycles. The van der Waals surface area contributed by atoms with Crippen molar-refractivity contribution in [1.29, 1.82) is 0 Å². The summed E-state index contributed by atoms with van der Waals surface area (Å²) < 4.78 is 0. The van der Waals surface area contributed by atoms with E-state index in [0.29, 0.717) is 13.0 Å². The van der Waals surface area contributed by atoms with Gasteiger partial charge >= 0.3 is 21.7 Å². The maximum Gasteiger partial charge on any atom is 2.00 e. The zero-order valence-corrected chi connectivity index (χ0v) is 9.43. The molecule has 5 heteroatoms. The van der Waals surface area contributed by atoms with Gasteiger partial charge in [0.1, 0.15) is 0 Å². The van der Waals surface area contributed by atoms with Crippen LogP contribution in [0.15, 0.2) is 4.99 Å². The van der Waals surface area contributed by atoms with Gasteiger partial charge in [-0.15, -0.1) is 0 Å². The summed E-state index contributed by atoms with van der Waals surface area (Å²) in [4.78, 5) is 12.5. The topological polar surface area (TPSA) is 69.9 Å². The third-order valence-electron chi connectivity index (χ3n) is 0.334. The Balaban J connectivity index is -0.0000000241. The number of isocyanates is 1. The van der Waals surface area contributed by atoms with Crippen molar-refractivity contribution in [3.63, 3.8) is 0 Å². The molecule has 0 unspecified atom stereocenters. The molecule has 0 saturated carbocycles. The summed E-state index contributed by atoms with van der Waals surface area (Å²) >= 11 is 0. The van der Waals surface area contributed by atoms with Crippen molar-refractivity contribution >= 4 is 6.08 Å². The van der Waals surface area contributed by atoms with Crippen LogP contribution in [-0.2, 0) is 26.5 Å². The van der Waals surface area contributed by atoms with E-state index in [-0.39, 0.29) is 29.1 Å². The molecule has 0 radical (unpaired) electrons. The molecule has 0 fully saturated rings. The number of hydrogen-bond acceptors (Lipinski definition) is 4. The predicted molar refractivity (Wildman–Crippen MR) is 45.7 cm³/mol. The zero-order chi connectivity index (χ0) is 8.83. The Hall–Kier alpha value is 0.0143. The second-order valence-corrected chi connectivity index (χ2v) is 0.827. The van der Waals surface area contributed by atoms with Crippen molar-refractivity contribution in [2.75, 3.05) is 20.8 Å². The molecule has 4 nitrogen and oxygen atoms in total. The van der Waals surface area contributed by atoms with E-state index in [9.17, 15) is 4.79 Å². The van der Waals surface area contributed by atoms with Crippen molar-refractivity contribution in [3.05, 3.63) is 14.4 Å². The van der Waals surface area contributed by atoms with E-state index in [1.807, 2.05) is 0 Å². The van der Waals surface area contributed by atoms with Crippen molar-refractivity contribution in [1.82, 2.24) is 0 Å². The number of hydrogen-bond donors (Lipinski definition) is 2. The van der Waals surface area contributed by atoms with Gasteiger partial charge in [-0.1, -0.05) is 0 Å². The molecule has 0 aliphatic rings. The van der Waals surface area contributed by atoms with Crippen LogP contribution in [0.2, 0.25) is 0 Å². The largest absolute Gasteiger partial charge is 2.00 e. The molecule has 0 rings (SSSR count). The molecule has 0 bridgehead atoms. The van der Waals surface area contributed by atoms with Crippen LogP contribution < -0.4 is 0 Å². The third kappa shape index (κ3) is 89.6. The van der Waals surface area contributed by atoms with E-state index >= 15 is 0 Å². The molecule has 0 spiro atoms. The smallest absolute Gasteiger partial charge is 0.400 e. The Morgan fingerprint density at radius 2 is 1.67 bits per heavy atom. The standard InChI is InChI=1S/C4H6NO.2CH4O.CH3.Ti/c1-2-3-5-4-6;2*1-2;;/h1-3H2;2*2H,1H3;1H3;/q-1;;;-1;+2. The van der Waals surface area contributed by atoms with Crippen molar-refractivity contribution in [2.24, 2.45) is 4.99 Å². The van der Waals surface area contributed by atoms with E-state index in [2.05, 4.69) is 11.9 Å². The third-order valence-corrected chi connectivity index (χ3v) is 0.334. The SMILES string of the molecule is CO.CO.[CH2-]CCN=C=O.[CH3-].[Ti+2]. The fourth-order valence-corrected chi connectivity index (χ4v) is 0.125. The van der Waals surface area contributed by atoms with Gasteiger partial charge in [0, 0.05) is 20.8 Å². The number of aliphatic hydroxyl groups is 2. The van der Waals surface area contributed by atoms with Crippen molar-refractivity contribution in [2.45, 2.75) is 6.42 Å². The maximum atomic E-state index is 9.24. The predicted octanol–water partition coefficient (Wildman–Crippen LogP) is 0.211. The summed E-state index contributed by atoms with van der Waals surface area (Å²) in [6.45, 7) is 3.95. The van der Waals surface area contributed by atoms with Crippen LogP contribution in [-0.4, -0.2) is 37.1 Å². The molecule has 2 N–H and O–H groups in total. The molecule has 0 atom stereocenters. The molecule has 0 amide bonds. The summed E-state index contributed by atoms with van der Waals surface area (Å²) in [5.74, 6) is 0. The molecule has 72 valence electrons. The van der Waals surface area contributed by atoms with E-state index < -0.39 is 0 Å². The van der Waals surface area contributed by atoms with Crippen LogP contribution in [0.25, 0.3) is 0 Å². The molecule has 0 aromatic rings. The quantitative estimate of drug-likeness (QED) is 0.297. The molecule has 0 heterocycles. The first-order valence-electron chi connectivity index (χ1n) is 2.64. The number of rotatable bonds is 2. The Kier molecular flexibility index (Phi) is 169. The van der Waals surface area contributed by atoms with E-state index in [0.717, 1.165) is 14.2 Å². The van der Waals surface area contributed by atoms with E-state index in [4.69, 9.17) is 10.2 Å². The number of carbonyl (C=O) groups excluding carboxylic acids is 1. The minimum absolute atomic E-state index is 0. The van der Waals surface area contributed by atoms with Crippen LogP contribution in [0.1, 0.15) is 6.42 Å². The summed E-state index contributed by atoms with van der Waals surface area (Å²) in [5, 5.41) is 14.0. The van der Waals surface area contributed by atoms with Gasteiger partial charge in [0.05, 0.1) is 0 Å². The Labute approximate surface area is 89.6 Å². The Morgan fingerprint density at radius 1 is 1.33 bits per heavy atom. The number of aliphatic hydroxyl groups excluding tert-OH is 2. The summed E-state index contributed by atoms with van der Waals surface area (Å²) in [6.07, 6.45) is 2.08. The zero-order valence-electron chi connectivity index (χ0n) is 7.87. The van der Waals surface area contributed by atoms with Gasteiger partial charge in [0.25, 0.3) is 0 Å². The van der Waals surface area contributed by atoms with Gasteiger partial charge in [-0.3, -0.25) is 0 Å². The van der Waals surface area contributed by atoms with Crippen LogP contribution in [0.4, 0.5) is 0 Å². The molecule has 0 aliphatic carbocycles. The van der Waals surface area contributed by atoms with Gasteiger partial charge in [0.2, 0.25) is 6.08 Å². The van der Waals surface area contributed by atoms with Gasteiger partial charge in [-0.2, -0.15) is 6.42 Å². The molecular weight excluding hydrogens is 194 g/mol. The molecular formula is C7H17NO3Ti. The van der Waals surface area contributed by atoms with Crippen LogP contribution in [0, 0.1) is 14.4 Å². The monoisotopic (exact) mass is 211 g/mol. The average molecular weight is 211 g/mol. The summed E-state index contributed by atoms with van der Waals surface area (Å²) in [7, 11) is 2.00. The van der Waals surface area contributed by atoms with Gasteiger partial charge in [-0.25, -0.2) is 9.79 Å². The summed E-state index contributed by atoms with van der Waals surface area (Å²) in [5.41, 5.74) is 0. The fraction of sp³-hybridized carbons (Fsp3) is 0.571. The molecule has 12 heavy (non-hydrogen) atoms. The number of aliphatic imine (C=N–C) groups is 1. The second kappa shape index (κ2) is 68.5. The fourth-order valence-electron chi connectivity index (χ4n) is 0.125. The first kappa shape index (κ1) is 29.6. The minimum atomic E-state index is 0. The van der Waals surface area contributed by atoms with Crippen molar-refractivity contribution in [3.8, 4) is 0 Å². The Bertz CT molecular complexity index is 75.1. The maximum absolute atomic E-state index is 9.24. The second-order valence-electron chi connectivity index (χ2n) is 0.827. The minimum Gasteiger partial charge on any atom is -0.400 e. The summed E-state index contributed by atoms with van der Waals surface area (Å²) in [6, 6.07) is 0. The van der Waals surface area contributed by atoms with Gasteiger partial charge in [-0.05, 0) is 0 Å². The van der Waals surface area contributed by atoms with Crippen LogP contribution in [0.3, 0.4) is 0 Å². The first-order chi connectivity index (χ1) is 4.91. The molecule has 0 saturated heterocycles. The van der Waals surface area contributed by atoms with Crippen molar-refractivity contribution < 1.29 is 36.7 Å². The average Bonchev–Trinajstić information content (AvgIpc) is 2.08. The van der Waals surface area contributed by atoms with E-state index in [1.54, 1.807) is 0 Å². The first-order valence-corrected chi connectivity index (χ1v) is 2.64. The molecule has 0 aromatic carbocycles. The van der Waals surface area contributed by atoms with Gasteiger partial charge < -0.3 is 24.6 Å². The molecule has 0 aliphatic heterocycles. The Morgan fingerprint density at radius 3 is 1.75 bits per heavy atom. The number of nitrogens with zero attached hydrogens (tertiary/aromatic N) is 1. The van der Waals surface area contributed by atoms with Crippen LogP contribution in [0.5, 0.6) is 0 Å². The normalized spacial score (nSPS) is 4.42. The van der Waals surface area contributed by atoms with E-state index in [1.165, 1.54) is 6.08 Å². The van der Waals surface area contributed by atoms with Crippen LogP contribution >= 0.6 is 0 Å².